The molecule has 0 fully saturated rings. The molecular weight excluding hydrogens is 317 g/mol. The number of anilines is 2. The highest BCUT2D eigenvalue weighted by Gasteiger charge is 2.18. The number of fused-ring (bicyclic) bond motifs is 1. The topological polar surface area (TPSA) is 54.0 Å². The van der Waals surface area contributed by atoms with Crippen LogP contribution in [0.2, 0.25) is 0 Å². The van der Waals surface area contributed by atoms with Crippen molar-refractivity contribution in [2.75, 3.05) is 12.4 Å². The molecule has 1 aromatic heterocycles. The summed E-state index contributed by atoms with van der Waals surface area (Å²) in [7, 11) is 1.57. The smallest absolute Gasteiger partial charge is 0.254 e. The number of rotatable bonds is 4. The van der Waals surface area contributed by atoms with Crippen molar-refractivity contribution in [3.8, 4) is 0 Å². The number of carbonyl (C=O) groups is 1. The minimum Gasteiger partial charge on any atom is -0.355 e. The zero-order chi connectivity index (χ0) is 18.0. The van der Waals surface area contributed by atoms with E-state index >= 15 is 0 Å². The van der Waals surface area contributed by atoms with Crippen molar-refractivity contribution in [3.05, 3.63) is 65.6 Å². The van der Waals surface area contributed by atoms with Gasteiger partial charge in [0.1, 0.15) is 5.82 Å². The Morgan fingerprint density at radius 2 is 1.88 bits per heavy atom. The van der Waals surface area contributed by atoms with Crippen LogP contribution in [0.3, 0.4) is 0 Å². The lowest BCUT2D eigenvalue weighted by Crippen LogP contribution is -2.19. The van der Waals surface area contributed by atoms with Crippen LogP contribution < -0.4 is 10.6 Å². The van der Waals surface area contributed by atoms with E-state index in [1.54, 1.807) is 13.1 Å². The van der Waals surface area contributed by atoms with Crippen molar-refractivity contribution < 1.29 is 9.18 Å². The first-order chi connectivity index (χ1) is 12.0. The number of para-hydroxylation sites is 1. The molecule has 3 rings (SSSR count). The summed E-state index contributed by atoms with van der Waals surface area (Å²) in [5, 5.41) is 6.64. The van der Waals surface area contributed by atoms with Gasteiger partial charge in [-0.3, -0.25) is 9.78 Å². The summed E-state index contributed by atoms with van der Waals surface area (Å²) in [6.07, 6.45) is 1.47. The van der Waals surface area contributed by atoms with Crippen LogP contribution in [0.25, 0.3) is 10.9 Å². The predicted octanol–water partition coefficient (Wildman–Crippen LogP) is 4.60. The monoisotopic (exact) mass is 337 g/mol. The van der Waals surface area contributed by atoms with E-state index < -0.39 is 0 Å². The first-order valence-electron chi connectivity index (χ1n) is 8.17. The Morgan fingerprint density at radius 3 is 2.52 bits per heavy atom. The molecule has 1 heterocycles. The first-order valence-corrected chi connectivity index (χ1v) is 8.17. The van der Waals surface area contributed by atoms with E-state index in [4.69, 9.17) is 0 Å². The molecule has 0 aliphatic carbocycles. The minimum atomic E-state index is -0.284. The molecule has 0 radical (unpaired) electrons. The molecule has 0 aliphatic heterocycles. The maximum Gasteiger partial charge on any atom is 0.254 e. The molecule has 0 atom stereocenters. The van der Waals surface area contributed by atoms with Gasteiger partial charge in [-0.25, -0.2) is 4.39 Å². The maximum atomic E-state index is 14.3. The Balaban J connectivity index is 2.27. The van der Waals surface area contributed by atoms with Crippen LogP contribution in [0, 0.1) is 5.82 Å². The Hall–Kier alpha value is -2.95. The number of nitrogens with zero attached hydrogens (tertiary/aromatic N) is 1. The van der Waals surface area contributed by atoms with E-state index in [-0.39, 0.29) is 17.6 Å². The number of hydrogen-bond donors (Lipinski definition) is 2. The van der Waals surface area contributed by atoms with Crippen molar-refractivity contribution in [2.45, 2.75) is 19.8 Å². The van der Waals surface area contributed by atoms with Crippen LogP contribution in [0.1, 0.15) is 35.7 Å². The number of amides is 1. The van der Waals surface area contributed by atoms with E-state index in [1.165, 1.54) is 12.3 Å². The minimum absolute atomic E-state index is 0.0256. The summed E-state index contributed by atoms with van der Waals surface area (Å²) in [6, 6.07) is 12.8. The first kappa shape index (κ1) is 16.9. The summed E-state index contributed by atoms with van der Waals surface area (Å²) in [5.74, 6) is -0.505. The van der Waals surface area contributed by atoms with Crippen LogP contribution >= 0.6 is 0 Å². The molecule has 0 aliphatic rings. The van der Waals surface area contributed by atoms with Gasteiger partial charge < -0.3 is 10.6 Å². The number of aromatic nitrogens is 1. The average molecular weight is 337 g/mol. The normalized spacial score (nSPS) is 10.9. The second kappa shape index (κ2) is 6.89. The summed E-state index contributed by atoms with van der Waals surface area (Å²) in [6.45, 7) is 3.87. The van der Waals surface area contributed by atoms with Gasteiger partial charge in [0.05, 0.1) is 16.8 Å². The highest BCUT2D eigenvalue weighted by molar-refractivity contribution is 6.08. The van der Waals surface area contributed by atoms with Crippen molar-refractivity contribution >= 4 is 28.2 Å². The number of nitrogens with one attached hydrogen (secondary N) is 2. The summed E-state index contributed by atoms with van der Waals surface area (Å²) < 4.78 is 14.3. The van der Waals surface area contributed by atoms with Crippen LogP contribution in [-0.2, 0) is 0 Å². The van der Waals surface area contributed by atoms with E-state index in [2.05, 4.69) is 15.6 Å². The van der Waals surface area contributed by atoms with Crippen molar-refractivity contribution in [3.63, 3.8) is 0 Å². The van der Waals surface area contributed by atoms with Gasteiger partial charge in [-0.05, 0) is 29.7 Å². The van der Waals surface area contributed by atoms with Gasteiger partial charge in [0, 0.05) is 30.4 Å². The SMILES string of the molecule is CNC(=O)c1cnc2cc(F)c(C(C)C)cc2c1Nc1ccccc1. The highest BCUT2D eigenvalue weighted by atomic mass is 19.1. The lowest BCUT2D eigenvalue weighted by Gasteiger charge is -2.16. The standard InChI is InChI=1S/C20H20FN3O/c1-12(2)14-9-15-18(10-17(14)21)23-11-16(20(25)22-3)19(15)24-13-7-5-4-6-8-13/h4-12H,1-3H3,(H,22,25)(H,23,24). The van der Waals surface area contributed by atoms with Gasteiger partial charge in [-0.1, -0.05) is 32.0 Å². The lowest BCUT2D eigenvalue weighted by molar-refractivity contribution is 0.0963. The van der Waals surface area contributed by atoms with E-state index in [0.29, 0.717) is 22.3 Å². The van der Waals surface area contributed by atoms with Gasteiger partial charge in [0.25, 0.3) is 5.91 Å². The van der Waals surface area contributed by atoms with E-state index in [1.807, 2.05) is 44.2 Å². The second-order valence-electron chi connectivity index (χ2n) is 6.16. The molecule has 0 unspecified atom stereocenters. The molecular formula is C20H20FN3O. The zero-order valence-corrected chi connectivity index (χ0v) is 14.4. The van der Waals surface area contributed by atoms with Crippen LogP contribution in [-0.4, -0.2) is 17.9 Å². The van der Waals surface area contributed by atoms with Crippen molar-refractivity contribution in [1.82, 2.24) is 10.3 Å². The van der Waals surface area contributed by atoms with Gasteiger partial charge in [0.2, 0.25) is 0 Å². The molecule has 3 aromatic rings. The molecule has 0 saturated carbocycles. The number of carbonyl (C=O) groups excluding carboxylic acids is 1. The largest absolute Gasteiger partial charge is 0.355 e. The summed E-state index contributed by atoms with van der Waals surface area (Å²) >= 11 is 0. The molecule has 0 bridgehead atoms. The van der Waals surface area contributed by atoms with Gasteiger partial charge in [-0.15, -0.1) is 0 Å². The zero-order valence-electron chi connectivity index (χ0n) is 14.4. The molecule has 2 N–H and O–H groups in total. The van der Waals surface area contributed by atoms with Gasteiger partial charge in [0.15, 0.2) is 0 Å². The third-order valence-electron chi connectivity index (χ3n) is 4.12. The number of pyridine rings is 1. The fourth-order valence-electron chi connectivity index (χ4n) is 2.78. The van der Waals surface area contributed by atoms with Gasteiger partial charge in [-0.2, -0.15) is 0 Å². The number of benzene rings is 2. The molecule has 0 spiro atoms. The highest BCUT2D eigenvalue weighted by Crippen LogP contribution is 2.32. The molecule has 25 heavy (non-hydrogen) atoms. The third-order valence-corrected chi connectivity index (χ3v) is 4.12. The van der Waals surface area contributed by atoms with Crippen LogP contribution in [0.5, 0.6) is 0 Å². The fraction of sp³-hybridized carbons (Fsp3) is 0.200. The molecule has 128 valence electrons. The number of halogens is 1. The van der Waals surface area contributed by atoms with E-state index in [0.717, 1.165) is 11.1 Å². The third kappa shape index (κ3) is 3.31. The van der Waals surface area contributed by atoms with E-state index in [9.17, 15) is 9.18 Å². The fourth-order valence-corrected chi connectivity index (χ4v) is 2.78. The molecule has 5 heteroatoms. The van der Waals surface area contributed by atoms with Crippen molar-refractivity contribution in [1.29, 1.82) is 0 Å². The average Bonchev–Trinajstić information content (AvgIpc) is 2.61. The molecule has 1 amide bonds. The Morgan fingerprint density at radius 1 is 1.16 bits per heavy atom. The maximum absolute atomic E-state index is 14.3. The summed E-state index contributed by atoms with van der Waals surface area (Å²) in [4.78, 5) is 16.6. The predicted molar refractivity (Wildman–Crippen MR) is 98.9 cm³/mol. The quantitative estimate of drug-likeness (QED) is 0.731. The lowest BCUT2D eigenvalue weighted by atomic mass is 9.98. The summed E-state index contributed by atoms with van der Waals surface area (Å²) in [5.41, 5.74) is 2.99. The van der Waals surface area contributed by atoms with Crippen LogP contribution in [0.15, 0.2) is 48.7 Å². The van der Waals surface area contributed by atoms with Crippen LogP contribution in [0.4, 0.5) is 15.8 Å². The number of hydrogen-bond acceptors (Lipinski definition) is 3. The van der Waals surface area contributed by atoms with Crippen molar-refractivity contribution in [2.24, 2.45) is 0 Å². The molecule has 2 aromatic carbocycles. The Labute approximate surface area is 146 Å². The Kier molecular flexibility index (Phi) is 4.65. The molecule has 0 saturated heterocycles. The molecule has 4 nitrogen and oxygen atoms in total. The Bertz CT molecular complexity index is 923. The van der Waals surface area contributed by atoms with Gasteiger partial charge >= 0.3 is 0 Å². The second-order valence-corrected chi connectivity index (χ2v) is 6.16.